The molecule has 0 rings (SSSR count). The van der Waals surface area contributed by atoms with Crippen LogP contribution in [0.3, 0.4) is 0 Å². The Morgan fingerprint density at radius 3 is 1.33 bits per heavy atom. The first-order valence-corrected chi connectivity index (χ1v) is 10.6. The summed E-state index contributed by atoms with van der Waals surface area (Å²) in [5.41, 5.74) is 0. The topological polar surface area (TPSA) is 46.5 Å². The van der Waals surface area contributed by atoms with Crippen LogP contribution in [0, 0.1) is 0 Å². The third kappa shape index (κ3) is 17.6. The first-order chi connectivity index (χ1) is 11.7. The van der Waals surface area contributed by atoms with Crippen LogP contribution in [0.2, 0.25) is 0 Å². The summed E-state index contributed by atoms with van der Waals surface area (Å²) < 4.78 is 5.06. The zero-order valence-electron chi connectivity index (χ0n) is 16.4. The van der Waals surface area contributed by atoms with Crippen LogP contribution >= 0.6 is 0 Å². The third-order valence-electron chi connectivity index (χ3n) is 4.78. The highest BCUT2D eigenvalue weighted by atomic mass is 16.7. The van der Waals surface area contributed by atoms with Crippen molar-refractivity contribution >= 4 is 6.16 Å². The monoisotopic (exact) mass is 342 g/mol. The zero-order chi connectivity index (χ0) is 17.9. The molecule has 1 unspecified atom stereocenters. The van der Waals surface area contributed by atoms with Gasteiger partial charge >= 0.3 is 6.16 Å². The van der Waals surface area contributed by atoms with E-state index in [1.165, 1.54) is 83.5 Å². The Hall–Kier alpha value is -0.730. The second-order valence-electron chi connectivity index (χ2n) is 7.18. The summed E-state index contributed by atoms with van der Waals surface area (Å²) in [6.07, 6.45) is 19.8. The van der Waals surface area contributed by atoms with E-state index >= 15 is 0 Å². The number of hydrogen-bond donors (Lipinski definition) is 1. The lowest BCUT2D eigenvalue weighted by molar-refractivity contribution is 0.0422. The molecular weight excluding hydrogens is 300 g/mol. The Morgan fingerprint density at radius 2 is 1.00 bits per heavy atom. The summed E-state index contributed by atoms with van der Waals surface area (Å²) in [4.78, 5) is 10.8. The first-order valence-electron chi connectivity index (χ1n) is 10.6. The van der Waals surface area contributed by atoms with Crippen molar-refractivity contribution in [3.8, 4) is 0 Å². The molecule has 0 radical (unpaired) electrons. The first kappa shape index (κ1) is 23.3. The Bertz CT molecular complexity index is 266. The predicted molar refractivity (Wildman–Crippen MR) is 103 cm³/mol. The standard InChI is InChI=1S/C21H42O3/c1-3-5-7-9-10-11-12-13-15-17-19-20(24-21(22)23)18-16-14-8-6-4-2/h20H,3-19H2,1-2H3,(H,22,23). The van der Waals surface area contributed by atoms with Crippen molar-refractivity contribution in [2.75, 3.05) is 0 Å². The molecule has 0 aliphatic heterocycles. The normalized spacial score (nSPS) is 12.2. The molecule has 0 aliphatic rings. The van der Waals surface area contributed by atoms with Crippen LogP contribution in [0.1, 0.15) is 123 Å². The summed E-state index contributed by atoms with van der Waals surface area (Å²) in [5, 5.41) is 8.86. The lowest BCUT2D eigenvalue weighted by Crippen LogP contribution is -2.16. The van der Waals surface area contributed by atoms with Gasteiger partial charge in [0.2, 0.25) is 0 Å². The van der Waals surface area contributed by atoms with E-state index in [9.17, 15) is 4.79 Å². The highest BCUT2D eigenvalue weighted by molar-refractivity contribution is 5.57. The SMILES string of the molecule is CCCCCCCCCCCCC(CCCCCCC)OC(=O)O. The van der Waals surface area contributed by atoms with Crippen molar-refractivity contribution in [3.05, 3.63) is 0 Å². The fraction of sp³-hybridized carbons (Fsp3) is 0.952. The van der Waals surface area contributed by atoms with E-state index in [-0.39, 0.29) is 6.10 Å². The maximum absolute atomic E-state index is 10.8. The second kappa shape index (κ2) is 18.6. The van der Waals surface area contributed by atoms with Gasteiger partial charge in [0, 0.05) is 0 Å². The molecule has 144 valence electrons. The van der Waals surface area contributed by atoms with Crippen molar-refractivity contribution in [3.63, 3.8) is 0 Å². The van der Waals surface area contributed by atoms with Crippen LogP contribution in [-0.4, -0.2) is 17.4 Å². The number of unbranched alkanes of at least 4 members (excludes halogenated alkanes) is 13. The molecule has 0 bridgehead atoms. The van der Waals surface area contributed by atoms with Gasteiger partial charge in [-0.1, -0.05) is 97.3 Å². The molecule has 0 amide bonds. The lowest BCUT2D eigenvalue weighted by Gasteiger charge is -2.15. The minimum atomic E-state index is -1.11. The van der Waals surface area contributed by atoms with Crippen LogP contribution < -0.4 is 0 Å². The molecular formula is C21H42O3. The fourth-order valence-corrected chi connectivity index (χ4v) is 3.24. The quantitative estimate of drug-likeness (QED) is 0.205. The molecule has 0 spiro atoms. The van der Waals surface area contributed by atoms with Crippen molar-refractivity contribution < 1.29 is 14.6 Å². The number of carbonyl (C=O) groups is 1. The van der Waals surface area contributed by atoms with Gasteiger partial charge in [0.1, 0.15) is 6.10 Å². The van der Waals surface area contributed by atoms with Gasteiger partial charge in [0.15, 0.2) is 0 Å². The molecule has 0 aromatic rings. The highest BCUT2D eigenvalue weighted by Crippen LogP contribution is 2.17. The van der Waals surface area contributed by atoms with Gasteiger partial charge < -0.3 is 9.84 Å². The van der Waals surface area contributed by atoms with Gasteiger partial charge in [0.05, 0.1) is 0 Å². The van der Waals surface area contributed by atoms with Crippen molar-refractivity contribution in [1.29, 1.82) is 0 Å². The van der Waals surface area contributed by atoms with Gasteiger partial charge in [-0.05, 0) is 25.7 Å². The highest BCUT2D eigenvalue weighted by Gasteiger charge is 2.12. The van der Waals surface area contributed by atoms with E-state index in [4.69, 9.17) is 9.84 Å². The molecule has 0 fully saturated rings. The summed E-state index contributed by atoms with van der Waals surface area (Å²) >= 11 is 0. The van der Waals surface area contributed by atoms with Crippen molar-refractivity contribution in [1.82, 2.24) is 0 Å². The van der Waals surface area contributed by atoms with Crippen LogP contribution in [0.4, 0.5) is 4.79 Å². The van der Waals surface area contributed by atoms with E-state index in [1.807, 2.05) is 0 Å². The average Bonchev–Trinajstić information content (AvgIpc) is 2.55. The van der Waals surface area contributed by atoms with Crippen molar-refractivity contribution in [2.24, 2.45) is 0 Å². The molecule has 0 aromatic carbocycles. The summed E-state index contributed by atoms with van der Waals surface area (Å²) in [6, 6.07) is 0. The van der Waals surface area contributed by atoms with E-state index in [0.717, 1.165) is 25.7 Å². The van der Waals surface area contributed by atoms with Gasteiger partial charge in [-0.15, -0.1) is 0 Å². The van der Waals surface area contributed by atoms with Crippen LogP contribution in [0.15, 0.2) is 0 Å². The molecule has 0 aliphatic carbocycles. The summed E-state index contributed by atoms with van der Waals surface area (Å²) in [6.45, 7) is 4.47. The number of ether oxygens (including phenoxy) is 1. The minimum absolute atomic E-state index is 0.0850. The smallest absolute Gasteiger partial charge is 0.450 e. The summed E-state index contributed by atoms with van der Waals surface area (Å²) in [5.74, 6) is 0. The number of hydrogen-bond acceptors (Lipinski definition) is 2. The predicted octanol–water partition coefficient (Wildman–Crippen LogP) is 7.72. The van der Waals surface area contributed by atoms with Crippen LogP contribution in [-0.2, 0) is 4.74 Å². The molecule has 1 atom stereocenters. The molecule has 0 heterocycles. The Morgan fingerprint density at radius 1 is 0.667 bits per heavy atom. The molecule has 0 saturated heterocycles. The van der Waals surface area contributed by atoms with Crippen LogP contribution in [0.25, 0.3) is 0 Å². The molecule has 1 N–H and O–H groups in total. The largest absolute Gasteiger partial charge is 0.506 e. The Labute approximate surface area is 150 Å². The molecule has 3 nitrogen and oxygen atoms in total. The Balaban J connectivity index is 3.55. The minimum Gasteiger partial charge on any atom is -0.450 e. The third-order valence-corrected chi connectivity index (χ3v) is 4.78. The fourth-order valence-electron chi connectivity index (χ4n) is 3.24. The van der Waals surface area contributed by atoms with Gasteiger partial charge in [-0.2, -0.15) is 0 Å². The van der Waals surface area contributed by atoms with E-state index in [1.54, 1.807) is 0 Å². The van der Waals surface area contributed by atoms with E-state index in [0.29, 0.717) is 0 Å². The second-order valence-corrected chi connectivity index (χ2v) is 7.18. The van der Waals surface area contributed by atoms with Gasteiger partial charge in [-0.3, -0.25) is 0 Å². The maximum atomic E-state index is 10.8. The van der Waals surface area contributed by atoms with E-state index in [2.05, 4.69) is 13.8 Å². The number of rotatable bonds is 18. The lowest BCUT2D eigenvalue weighted by atomic mass is 10.0. The Kier molecular flexibility index (Phi) is 18.0. The maximum Gasteiger partial charge on any atom is 0.506 e. The van der Waals surface area contributed by atoms with Crippen molar-refractivity contribution in [2.45, 2.75) is 129 Å². The summed E-state index contributed by atoms with van der Waals surface area (Å²) in [7, 11) is 0. The van der Waals surface area contributed by atoms with E-state index < -0.39 is 6.16 Å². The number of carboxylic acid groups (broad SMARTS) is 1. The van der Waals surface area contributed by atoms with Crippen LogP contribution in [0.5, 0.6) is 0 Å². The molecule has 0 aromatic heterocycles. The molecule has 3 heteroatoms. The van der Waals surface area contributed by atoms with Gasteiger partial charge in [-0.25, -0.2) is 4.79 Å². The molecule has 0 saturated carbocycles. The zero-order valence-corrected chi connectivity index (χ0v) is 16.4. The average molecular weight is 343 g/mol. The van der Waals surface area contributed by atoms with Gasteiger partial charge in [0.25, 0.3) is 0 Å². The molecule has 24 heavy (non-hydrogen) atoms.